The van der Waals surface area contributed by atoms with Crippen LogP contribution in [0.1, 0.15) is 12.8 Å². The molecular formula is C13H15N. The summed E-state index contributed by atoms with van der Waals surface area (Å²) in [5.41, 5.74) is 1.42. The highest BCUT2D eigenvalue weighted by Gasteiger charge is 1.91. The Hall–Kier alpha value is -1.63. The minimum Gasteiger partial charge on any atom is -0.273 e. The average Bonchev–Trinajstić information content (AvgIpc) is 2.46. The normalized spacial score (nSPS) is 16.1. The highest BCUT2D eigenvalue weighted by atomic mass is 14.6. The molecule has 0 heterocycles. The number of hydrogen-bond acceptors (Lipinski definition) is 1. The topological polar surface area (TPSA) is 12.4 Å². The van der Waals surface area contributed by atoms with Gasteiger partial charge in [0.25, 0.3) is 0 Å². The van der Waals surface area contributed by atoms with E-state index in [0.717, 1.165) is 12.8 Å². The van der Waals surface area contributed by atoms with Gasteiger partial charge < -0.3 is 0 Å². The SMILES string of the molecule is C=N/C=C\C=C/CC1=CC=CC=CC1. The van der Waals surface area contributed by atoms with Gasteiger partial charge in [-0.2, -0.15) is 0 Å². The second-order valence-electron chi connectivity index (χ2n) is 3.00. The zero-order valence-corrected chi connectivity index (χ0v) is 8.26. The molecule has 0 aromatic rings. The molecule has 14 heavy (non-hydrogen) atoms. The molecule has 0 saturated carbocycles. The Balaban J connectivity index is 2.37. The molecule has 0 fully saturated rings. The van der Waals surface area contributed by atoms with Crippen molar-refractivity contribution < 1.29 is 0 Å². The molecule has 72 valence electrons. The molecule has 0 aliphatic heterocycles. The second-order valence-corrected chi connectivity index (χ2v) is 3.00. The maximum Gasteiger partial charge on any atom is 0.0260 e. The van der Waals surface area contributed by atoms with Gasteiger partial charge in [0.05, 0.1) is 0 Å². The first kappa shape index (κ1) is 10.5. The van der Waals surface area contributed by atoms with Gasteiger partial charge in [-0.15, -0.1) is 0 Å². The van der Waals surface area contributed by atoms with Gasteiger partial charge in [-0.1, -0.05) is 48.1 Å². The number of rotatable bonds is 4. The van der Waals surface area contributed by atoms with Crippen LogP contribution in [0.5, 0.6) is 0 Å². The van der Waals surface area contributed by atoms with E-state index in [1.54, 1.807) is 6.20 Å². The Morgan fingerprint density at radius 1 is 1.29 bits per heavy atom. The molecule has 0 unspecified atom stereocenters. The lowest BCUT2D eigenvalue weighted by Crippen LogP contribution is -1.76. The Morgan fingerprint density at radius 2 is 2.21 bits per heavy atom. The first-order valence-electron chi connectivity index (χ1n) is 4.72. The Kier molecular flexibility index (Phi) is 5.11. The van der Waals surface area contributed by atoms with Crippen LogP contribution in [0.3, 0.4) is 0 Å². The van der Waals surface area contributed by atoms with Gasteiger partial charge in [0, 0.05) is 6.20 Å². The zero-order valence-electron chi connectivity index (χ0n) is 8.26. The van der Waals surface area contributed by atoms with E-state index in [-0.39, 0.29) is 0 Å². The second kappa shape index (κ2) is 6.84. The lowest BCUT2D eigenvalue weighted by atomic mass is 10.1. The molecule has 0 radical (unpaired) electrons. The van der Waals surface area contributed by atoms with E-state index in [0.29, 0.717) is 0 Å². The van der Waals surface area contributed by atoms with Crippen LogP contribution in [0.25, 0.3) is 0 Å². The molecule has 1 nitrogen and oxygen atoms in total. The molecule has 0 saturated heterocycles. The molecule has 0 atom stereocenters. The number of allylic oxidation sites excluding steroid dienone is 9. The fraction of sp³-hybridized carbons (Fsp3) is 0.154. The van der Waals surface area contributed by atoms with Gasteiger partial charge in [-0.3, -0.25) is 4.99 Å². The molecule has 0 aromatic heterocycles. The summed E-state index contributed by atoms with van der Waals surface area (Å²) in [6.45, 7) is 3.36. The summed E-state index contributed by atoms with van der Waals surface area (Å²) in [6, 6.07) is 0. The molecule has 0 N–H and O–H groups in total. The average molecular weight is 185 g/mol. The van der Waals surface area contributed by atoms with Crippen molar-refractivity contribution in [3.05, 3.63) is 60.4 Å². The maximum absolute atomic E-state index is 3.62. The molecule has 1 rings (SSSR count). The summed E-state index contributed by atoms with van der Waals surface area (Å²) in [5, 5.41) is 0. The van der Waals surface area contributed by atoms with Crippen LogP contribution < -0.4 is 0 Å². The molecule has 0 spiro atoms. The van der Waals surface area contributed by atoms with E-state index in [4.69, 9.17) is 0 Å². The molecule has 0 aromatic carbocycles. The third kappa shape index (κ3) is 4.41. The van der Waals surface area contributed by atoms with Crippen LogP contribution in [0.4, 0.5) is 0 Å². The Labute approximate surface area is 85.6 Å². The minimum absolute atomic E-state index is 0.996. The highest BCUT2D eigenvalue weighted by molar-refractivity contribution is 5.27. The van der Waals surface area contributed by atoms with E-state index in [1.165, 1.54) is 5.57 Å². The van der Waals surface area contributed by atoms with E-state index in [1.807, 2.05) is 12.2 Å². The van der Waals surface area contributed by atoms with Crippen molar-refractivity contribution in [2.75, 3.05) is 0 Å². The van der Waals surface area contributed by atoms with Gasteiger partial charge in [0.1, 0.15) is 0 Å². The van der Waals surface area contributed by atoms with Crippen LogP contribution in [-0.2, 0) is 0 Å². The number of nitrogens with zero attached hydrogens (tertiary/aromatic N) is 1. The first-order chi connectivity index (χ1) is 6.93. The van der Waals surface area contributed by atoms with Crippen LogP contribution >= 0.6 is 0 Å². The molecule has 1 heteroatoms. The molecular weight excluding hydrogens is 170 g/mol. The van der Waals surface area contributed by atoms with Crippen LogP contribution in [0.15, 0.2) is 65.4 Å². The molecule has 0 amide bonds. The van der Waals surface area contributed by atoms with Gasteiger partial charge in [-0.05, 0) is 25.6 Å². The fourth-order valence-corrected chi connectivity index (χ4v) is 1.18. The third-order valence-electron chi connectivity index (χ3n) is 1.89. The standard InChI is InChI=1S/C13H15N/c1-14-12-8-4-7-11-13-9-5-2-3-6-10-13/h2-9,12H,1,10-11H2/b7-4-,12-8-. The monoisotopic (exact) mass is 185 g/mol. The largest absolute Gasteiger partial charge is 0.273 e. The maximum atomic E-state index is 3.62. The van der Waals surface area contributed by atoms with Crippen LogP contribution in [0.2, 0.25) is 0 Å². The summed E-state index contributed by atoms with van der Waals surface area (Å²) in [6.07, 6.45) is 20.3. The molecule has 1 aliphatic carbocycles. The number of hydrogen-bond donors (Lipinski definition) is 0. The predicted molar refractivity (Wildman–Crippen MR) is 63.4 cm³/mol. The summed E-state index contributed by atoms with van der Waals surface area (Å²) < 4.78 is 0. The molecule has 0 bridgehead atoms. The fourth-order valence-electron chi connectivity index (χ4n) is 1.18. The Morgan fingerprint density at radius 3 is 3.07 bits per heavy atom. The van der Waals surface area contributed by atoms with E-state index in [2.05, 4.69) is 48.2 Å². The summed E-state index contributed by atoms with van der Waals surface area (Å²) in [4.78, 5) is 3.62. The predicted octanol–water partition coefficient (Wildman–Crippen LogP) is 3.59. The quantitative estimate of drug-likeness (QED) is 0.469. The third-order valence-corrected chi connectivity index (χ3v) is 1.89. The van der Waals surface area contributed by atoms with Crippen molar-refractivity contribution in [2.24, 2.45) is 4.99 Å². The van der Waals surface area contributed by atoms with E-state index < -0.39 is 0 Å². The summed E-state index contributed by atoms with van der Waals surface area (Å²) in [5.74, 6) is 0. The van der Waals surface area contributed by atoms with Crippen molar-refractivity contribution in [1.29, 1.82) is 0 Å². The van der Waals surface area contributed by atoms with Gasteiger partial charge in [-0.25, -0.2) is 0 Å². The smallest absolute Gasteiger partial charge is 0.0260 e. The van der Waals surface area contributed by atoms with Crippen molar-refractivity contribution in [3.8, 4) is 0 Å². The zero-order chi connectivity index (χ0) is 10.1. The highest BCUT2D eigenvalue weighted by Crippen LogP contribution is 2.11. The lowest BCUT2D eigenvalue weighted by Gasteiger charge is -1.96. The van der Waals surface area contributed by atoms with E-state index >= 15 is 0 Å². The van der Waals surface area contributed by atoms with E-state index in [9.17, 15) is 0 Å². The summed E-state index contributed by atoms with van der Waals surface area (Å²) >= 11 is 0. The minimum atomic E-state index is 0.996. The van der Waals surface area contributed by atoms with Crippen molar-refractivity contribution >= 4 is 6.72 Å². The summed E-state index contributed by atoms with van der Waals surface area (Å²) in [7, 11) is 0. The molecule has 1 aliphatic rings. The van der Waals surface area contributed by atoms with Gasteiger partial charge >= 0.3 is 0 Å². The van der Waals surface area contributed by atoms with Crippen molar-refractivity contribution in [3.63, 3.8) is 0 Å². The van der Waals surface area contributed by atoms with Crippen molar-refractivity contribution in [2.45, 2.75) is 12.8 Å². The van der Waals surface area contributed by atoms with Crippen molar-refractivity contribution in [1.82, 2.24) is 0 Å². The Bertz CT molecular complexity index is 314. The van der Waals surface area contributed by atoms with Crippen LogP contribution in [0, 0.1) is 0 Å². The van der Waals surface area contributed by atoms with Gasteiger partial charge in [0.15, 0.2) is 0 Å². The van der Waals surface area contributed by atoms with Crippen LogP contribution in [-0.4, -0.2) is 6.72 Å². The first-order valence-corrected chi connectivity index (χ1v) is 4.72. The number of aliphatic imine (C=N–C) groups is 1. The van der Waals surface area contributed by atoms with Gasteiger partial charge in [0.2, 0.25) is 0 Å². The lowest BCUT2D eigenvalue weighted by molar-refractivity contribution is 1.11.